The van der Waals surface area contributed by atoms with Gasteiger partial charge in [-0.1, -0.05) is 30.3 Å². The van der Waals surface area contributed by atoms with E-state index in [-0.39, 0.29) is 18.2 Å². The van der Waals surface area contributed by atoms with Crippen LogP contribution >= 0.6 is 0 Å². The van der Waals surface area contributed by atoms with E-state index in [1.807, 2.05) is 24.3 Å². The maximum atomic E-state index is 10.9. The highest BCUT2D eigenvalue weighted by Crippen LogP contribution is 2.20. The molecule has 0 heterocycles. The number of benzene rings is 2. The fourth-order valence-corrected chi connectivity index (χ4v) is 2.42. The van der Waals surface area contributed by atoms with Crippen LogP contribution in [0, 0.1) is 0 Å². The predicted molar refractivity (Wildman–Crippen MR) is 79.5 cm³/mol. The van der Waals surface area contributed by atoms with Gasteiger partial charge in [0.05, 0.1) is 19.7 Å². The summed E-state index contributed by atoms with van der Waals surface area (Å²) in [7, 11) is 4.31. The average molecular weight is 306 g/mol. The van der Waals surface area contributed by atoms with Gasteiger partial charge in [-0.3, -0.25) is 4.79 Å². The van der Waals surface area contributed by atoms with Gasteiger partial charge in [0, 0.05) is 11.1 Å². The lowest BCUT2D eigenvalue weighted by atomic mass is 10.1. The Morgan fingerprint density at radius 3 is 2.24 bits per heavy atom. The number of hydrogen-bond acceptors (Lipinski definition) is 2. The molecular formula is C17H20ClNO2. The second-order valence-electron chi connectivity index (χ2n) is 5.75. The number of aromatic hydroxyl groups is 1. The van der Waals surface area contributed by atoms with Crippen LogP contribution < -0.4 is 12.4 Å². The molecule has 0 atom stereocenters. The summed E-state index contributed by atoms with van der Waals surface area (Å²) < 4.78 is 0.785. The summed E-state index contributed by atoms with van der Waals surface area (Å²) in [6.45, 7) is 1.72. The number of nitrogens with zero attached hydrogens (tertiary/aromatic N) is 1. The summed E-state index contributed by atoms with van der Waals surface area (Å²) in [5.41, 5.74) is 2.68. The second-order valence-corrected chi connectivity index (χ2v) is 5.75. The molecule has 2 aromatic carbocycles. The molecule has 2 rings (SSSR count). The third kappa shape index (κ3) is 4.88. The number of quaternary nitrogens is 1. The highest BCUT2D eigenvalue weighted by Gasteiger charge is 2.17. The monoisotopic (exact) mass is 305 g/mol. The number of halogens is 1. The molecule has 0 bridgehead atoms. The minimum atomic E-state index is 0. The molecule has 0 aliphatic rings. The van der Waals surface area contributed by atoms with Gasteiger partial charge in [0.2, 0.25) is 0 Å². The van der Waals surface area contributed by atoms with Crippen molar-refractivity contribution >= 4 is 6.29 Å². The van der Waals surface area contributed by atoms with Crippen molar-refractivity contribution in [2.24, 2.45) is 0 Å². The van der Waals surface area contributed by atoms with Crippen LogP contribution in [0.1, 0.15) is 21.5 Å². The number of hydrogen-bond donors (Lipinski definition) is 1. The van der Waals surface area contributed by atoms with Crippen LogP contribution in [-0.4, -0.2) is 30.0 Å². The van der Waals surface area contributed by atoms with E-state index >= 15 is 0 Å². The number of aldehydes is 1. The molecular weight excluding hydrogens is 286 g/mol. The summed E-state index contributed by atoms with van der Waals surface area (Å²) in [6, 6.07) is 15.5. The molecule has 0 amide bonds. The van der Waals surface area contributed by atoms with Crippen LogP contribution in [0.5, 0.6) is 5.75 Å². The van der Waals surface area contributed by atoms with Gasteiger partial charge in [-0.2, -0.15) is 0 Å². The summed E-state index contributed by atoms with van der Waals surface area (Å²) in [5, 5.41) is 9.53. The predicted octanol–water partition coefficient (Wildman–Crippen LogP) is -0.0147. The molecule has 0 aliphatic heterocycles. The number of carbonyl (C=O) groups excluding carboxylic acids is 1. The Hall–Kier alpha value is -1.84. The largest absolute Gasteiger partial charge is 1.00 e. The Labute approximate surface area is 131 Å². The lowest BCUT2D eigenvalue weighted by molar-refractivity contribution is -0.916. The number of phenols is 1. The zero-order chi connectivity index (χ0) is 14.6. The Morgan fingerprint density at radius 1 is 1.00 bits per heavy atom. The molecule has 0 aliphatic carbocycles. The van der Waals surface area contributed by atoms with E-state index in [4.69, 9.17) is 0 Å². The van der Waals surface area contributed by atoms with E-state index in [1.54, 1.807) is 12.1 Å². The Bertz CT molecular complexity index is 597. The number of phenolic OH excluding ortho intramolecular Hbond substituents is 1. The molecule has 112 valence electrons. The molecule has 0 radical (unpaired) electrons. The van der Waals surface area contributed by atoms with Crippen molar-refractivity contribution in [1.82, 2.24) is 0 Å². The number of rotatable bonds is 5. The van der Waals surface area contributed by atoms with Gasteiger partial charge in [-0.15, -0.1) is 0 Å². The SMILES string of the molecule is C[N+](C)(Cc1ccccc1)Cc1ccc(O)c(C=O)c1.[Cl-]. The zero-order valence-electron chi connectivity index (χ0n) is 12.3. The smallest absolute Gasteiger partial charge is 0.153 e. The normalized spacial score (nSPS) is 10.8. The van der Waals surface area contributed by atoms with E-state index in [2.05, 4.69) is 26.2 Å². The molecule has 21 heavy (non-hydrogen) atoms. The molecule has 1 N–H and O–H groups in total. The highest BCUT2D eigenvalue weighted by molar-refractivity contribution is 5.79. The van der Waals surface area contributed by atoms with E-state index in [9.17, 15) is 9.90 Å². The summed E-state index contributed by atoms with van der Waals surface area (Å²) in [5.74, 6) is 0.0390. The molecule has 0 aromatic heterocycles. The van der Waals surface area contributed by atoms with E-state index in [1.165, 1.54) is 5.56 Å². The molecule has 0 saturated carbocycles. The van der Waals surface area contributed by atoms with E-state index in [0.29, 0.717) is 11.8 Å². The van der Waals surface area contributed by atoms with Crippen molar-refractivity contribution in [3.05, 3.63) is 65.2 Å². The Morgan fingerprint density at radius 2 is 1.62 bits per heavy atom. The van der Waals surface area contributed by atoms with Gasteiger partial charge in [0.15, 0.2) is 6.29 Å². The molecule has 4 heteroatoms. The Kier molecular flexibility index (Phi) is 5.94. The maximum absolute atomic E-state index is 10.9. The average Bonchev–Trinajstić information content (AvgIpc) is 2.41. The minimum Gasteiger partial charge on any atom is -1.00 e. The van der Waals surface area contributed by atoms with Crippen molar-refractivity contribution in [3.8, 4) is 5.75 Å². The lowest BCUT2D eigenvalue weighted by Crippen LogP contribution is -3.00. The molecule has 0 fully saturated rings. The van der Waals surface area contributed by atoms with Crippen molar-refractivity contribution in [2.45, 2.75) is 13.1 Å². The van der Waals surface area contributed by atoms with Gasteiger partial charge in [-0.25, -0.2) is 0 Å². The molecule has 3 nitrogen and oxygen atoms in total. The maximum Gasteiger partial charge on any atom is 0.153 e. The fraction of sp³-hybridized carbons (Fsp3) is 0.235. The third-order valence-electron chi connectivity index (χ3n) is 3.28. The highest BCUT2D eigenvalue weighted by atomic mass is 35.5. The van der Waals surface area contributed by atoms with E-state index < -0.39 is 0 Å². The summed E-state index contributed by atoms with van der Waals surface area (Å²) >= 11 is 0. The van der Waals surface area contributed by atoms with Gasteiger partial charge < -0.3 is 22.0 Å². The summed E-state index contributed by atoms with van der Waals surface area (Å²) in [4.78, 5) is 10.9. The molecule has 2 aromatic rings. The standard InChI is InChI=1S/C17H19NO2.ClH/c1-18(2,11-14-6-4-3-5-7-14)12-15-8-9-17(20)16(10-15)13-19;/h3-10,13H,11-12H2,1-2H3;1H. The molecule has 0 spiro atoms. The van der Waals surface area contributed by atoms with Gasteiger partial charge in [0.25, 0.3) is 0 Å². The van der Waals surface area contributed by atoms with Crippen LogP contribution in [0.4, 0.5) is 0 Å². The molecule has 0 unspecified atom stereocenters. The second kappa shape index (κ2) is 7.25. The van der Waals surface area contributed by atoms with Crippen LogP contribution in [0.25, 0.3) is 0 Å². The summed E-state index contributed by atoms with van der Waals surface area (Å²) in [6.07, 6.45) is 0.691. The Balaban J connectivity index is 0.00000220. The van der Waals surface area contributed by atoms with Gasteiger partial charge >= 0.3 is 0 Å². The van der Waals surface area contributed by atoms with Crippen LogP contribution in [0.2, 0.25) is 0 Å². The third-order valence-corrected chi connectivity index (χ3v) is 3.28. The quantitative estimate of drug-likeness (QED) is 0.623. The van der Waals surface area contributed by atoms with Crippen LogP contribution in [0.15, 0.2) is 48.5 Å². The lowest BCUT2D eigenvalue weighted by Gasteiger charge is -2.30. The van der Waals surface area contributed by atoms with Crippen LogP contribution in [-0.2, 0) is 13.1 Å². The van der Waals surface area contributed by atoms with Crippen molar-refractivity contribution in [2.75, 3.05) is 14.1 Å². The van der Waals surface area contributed by atoms with Crippen molar-refractivity contribution < 1.29 is 26.8 Å². The topological polar surface area (TPSA) is 37.3 Å². The first-order chi connectivity index (χ1) is 9.50. The first-order valence-electron chi connectivity index (χ1n) is 6.63. The van der Waals surface area contributed by atoms with Crippen molar-refractivity contribution in [1.29, 1.82) is 0 Å². The van der Waals surface area contributed by atoms with Gasteiger partial charge in [0.1, 0.15) is 18.8 Å². The van der Waals surface area contributed by atoms with Crippen LogP contribution in [0.3, 0.4) is 0 Å². The minimum absolute atomic E-state index is 0. The first-order valence-corrected chi connectivity index (χ1v) is 6.63. The fourth-order valence-electron chi connectivity index (χ4n) is 2.42. The van der Waals surface area contributed by atoms with Gasteiger partial charge in [-0.05, 0) is 18.2 Å². The number of carbonyl (C=O) groups is 1. The van der Waals surface area contributed by atoms with E-state index in [0.717, 1.165) is 23.1 Å². The van der Waals surface area contributed by atoms with Crippen molar-refractivity contribution in [3.63, 3.8) is 0 Å². The molecule has 0 saturated heterocycles. The zero-order valence-corrected chi connectivity index (χ0v) is 13.0. The first kappa shape index (κ1) is 17.2.